The molecular weight excluding hydrogens is 300 g/mol. The lowest BCUT2D eigenvalue weighted by atomic mass is 10.2. The Kier molecular flexibility index (Phi) is 5.72. The van der Waals surface area contributed by atoms with Gasteiger partial charge in [-0.3, -0.25) is 4.79 Å². The van der Waals surface area contributed by atoms with Crippen LogP contribution < -0.4 is 5.32 Å². The van der Waals surface area contributed by atoms with Gasteiger partial charge in [-0.25, -0.2) is 9.97 Å². The van der Waals surface area contributed by atoms with Gasteiger partial charge in [0.1, 0.15) is 17.8 Å². The average Bonchev–Trinajstić information content (AvgIpc) is 2.55. The summed E-state index contributed by atoms with van der Waals surface area (Å²) in [6.07, 6.45) is 1.39. The van der Waals surface area contributed by atoms with E-state index < -0.39 is 0 Å². The number of nitrogens with zero attached hydrogens (tertiary/aromatic N) is 3. The second-order valence-electron chi connectivity index (χ2n) is 4.71. The van der Waals surface area contributed by atoms with Crippen LogP contribution in [0.15, 0.2) is 36.7 Å². The molecule has 0 spiro atoms. The van der Waals surface area contributed by atoms with Crippen molar-refractivity contribution in [3.05, 3.63) is 52.9 Å². The van der Waals surface area contributed by atoms with Crippen LogP contribution in [0.5, 0.6) is 0 Å². The highest BCUT2D eigenvalue weighted by atomic mass is 35.5. The zero-order chi connectivity index (χ0) is 15.9. The van der Waals surface area contributed by atoms with Gasteiger partial charge in [-0.2, -0.15) is 0 Å². The highest BCUT2D eigenvalue weighted by Crippen LogP contribution is 2.16. The molecule has 1 aromatic carbocycles. The number of benzene rings is 1. The van der Waals surface area contributed by atoms with Gasteiger partial charge in [0.2, 0.25) is 0 Å². The largest absolute Gasteiger partial charge is 0.366 e. The zero-order valence-corrected chi connectivity index (χ0v) is 13.5. The molecule has 0 atom stereocenters. The van der Waals surface area contributed by atoms with Gasteiger partial charge in [-0.15, -0.1) is 0 Å². The third kappa shape index (κ3) is 3.95. The van der Waals surface area contributed by atoms with Crippen LogP contribution >= 0.6 is 11.6 Å². The number of carbonyl (C=O) groups is 1. The van der Waals surface area contributed by atoms with Crippen molar-refractivity contribution < 1.29 is 4.79 Å². The number of carbonyl (C=O) groups excluding carboxylic acids is 1. The summed E-state index contributed by atoms with van der Waals surface area (Å²) in [7, 11) is 0. The van der Waals surface area contributed by atoms with E-state index in [1.807, 2.05) is 38.1 Å². The summed E-state index contributed by atoms with van der Waals surface area (Å²) in [5.41, 5.74) is 1.36. The number of anilines is 1. The molecule has 1 amide bonds. The van der Waals surface area contributed by atoms with Crippen LogP contribution in [0, 0.1) is 0 Å². The normalized spacial score (nSPS) is 10.3. The Morgan fingerprint density at radius 3 is 2.64 bits per heavy atom. The Labute approximate surface area is 135 Å². The lowest BCUT2D eigenvalue weighted by molar-refractivity contribution is 0.0767. The smallest absolute Gasteiger partial charge is 0.272 e. The topological polar surface area (TPSA) is 58.1 Å². The minimum Gasteiger partial charge on any atom is -0.366 e. The van der Waals surface area contributed by atoms with E-state index in [2.05, 4.69) is 15.3 Å². The van der Waals surface area contributed by atoms with Gasteiger partial charge in [-0.1, -0.05) is 29.8 Å². The third-order valence-corrected chi connectivity index (χ3v) is 3.72. The van der Waals surface area contributed by atoms with Crippen LogP contribution in [-0.2, 0) is 6.54 Å². The number of rotatable bonds is 6. The molecule has 0 unspecified atom stereocenters. The first-order valence-electron chi connectivity index (χ1n) is 7.24. The van der Waals surface area contributed by atoms with Gasteiger partial charge < -0.3 is 10.2 Å². The molecule has 0 aliphatic heterocycles. The van der Waals surface area contributed by atoms with E-state index >= 15 is 0 Å². The van der Waals surface area contributed by atoms with E-state index in [9.17, 15) is 4.79 Å². The molecule has 0 fully saturated rings. The van der Waals surface area contributed by atoms with Gasteiger partial charge in [-0.05, 0) is 25.5 Å². The maximum absolute atomic E-state index is 12.3. The first-order chi connectivity index (χ1) is 10.7. The van der Waals surface area contributed by atoms with Crippen LogP contribution in [0.3, 0.4) is 0 Å². The Morgan fingerprint density at radius 2 is 1.95 bits per heavy atom. The Hall–Kier alpha value is -2.14. The summed E-state index contributed by atoms with van der Waals surface area (Å²) in [4.78, 5) is 22.2. The van der Waals surface area contributed by atoms with Gasteiger partial charge in [0.25, 0.3) is 5.91 Å². The average molecular weight is 319 g/mol. The first-order valence-corrected chi connectivity index (χ1v) is 7.62. The number of amides is 1. The van der Waals surface area contributed by atoms with Crippen molar-refractivity contribution in [1.82, 2.24) is 14.9 Å². The van der Waals surface area contributed by atoms with E-state index in [-0.39, 0.29) is 5.91 Å². The molecule has 0 radical (unpaired) electrons. The molecule has 0 saturated heterocycles. The lowest BCUT2D eigenvalue weighted by Crippen LogP contribution is -2.31. The number of hydrogen-bond donors (Lipinski definition) is 1. The van der Waals surface area contributed by atoms with E-state index in [0.717, 1.165) is 5.56 Å². The first kappa shape index (κ1) is 16.2. The minimum absolute atomic E-state index is 0.0896. The second kappa shape index (κ2) is 7.75. The predicted molar refractivity (Wildman–Crippen MR) is 88.1 cm³/mol. The van der Waals surface area contributed by atoms with Crippen LogP contribution in [0.25, 0.3) is 0 Å². The van der Waals surface area contributed by atoms with Gasteiger partial charge in [0.15, 0.2) is 0 Å². The van der Waals surface area contributed by atoms with Crippen molar-refractivity contribution in [2.45, 2.75) is 20.4 Å². The van der Waals surface area contributed by atoms with E-state index in [4.69, 9.17) is 11.6 Å². The van der Waals surface area contributed by atoms with E-state index in [1.165, 1.54) is 6.33 Å². The van der Waals surface area contributed by atoms with Crippen LogP contribution in [-0.4, -0.2) is 33.9 Å². The summed E-state index contributed by atoms with van der Waals surface area (Å²) in [5.74, 6) is 0.513. The summed E-state index contributed by atoms with van der Waals surface area (Å²) in [5, 5.41) is 3.86. The maximum Gasteiger partial charge on any atom is 0.272 e. The number of halogens is 1. The molecule has 0 bridgehead atoms. The fraction of sp³-hybridized carbons (Fsp3) is 0.312. The molecule has 1 heterocycles. The predicted octanol–water partition coefficient (Wildman–Crippen LogP) is 3.22. The minimum atomic E-state index is -0.0896. The van der Waals surface area contributed by atoms with Crippen molar-refractivity contribution in [1.29, 1.82) is 0 Å². The molecular formula is C16H19ClN4O. The Morgan fingerprint density at radius 1 is 1.23 bits per heavy atom. The van der Waals surface area contributed by atoms with Crippen LogP contribution in [0.1, 0.15) is 29.9 Å². The van der Waals surface area contributed by atoms with Crippen molar-refractivity contribution in [2.75, 3.05) is 18.4 Å². The standard InChI is InChI=1S/C16H19ClN4O/c1-3-21(4-2)16(22)14-9-15(20-11-19-14)18-10-12-7-5-6-8-13(12)17/h5-9,11H,3-4,10H2,1-2H3,(H,18,19,20). The summed E-state index contributed by atoms with van der Waals surface area (Å²) >= 11 is 6.12. The third-order valence-electron chi connectivity index (χ3n) is 3.35. The van der Waals surface area contributed by atoms with Gasteiger partial charge in [0, 0.05) is 30.7 Å². The monoisotopic (exact) mass is 318 g/mol. The van der Waals surface area contributed by atoms with Crippen molar-refractivity contribution in [3.8, 4) is 0 Å². The molecule has 2 rings (SSSR count). The molecule has 2 aromatic rings. The highest BCUT2D eigenvalue weighted by molar-refractivity contribution is 6.31. The molecule has 0 saturated carbocycles. The quantitative estimate of drug-likeness (QED) is 0.888. The molecule has 22 heavy (non-hydrogen) atoms. The summed E-state index contributed by atoms with van der Waals surface area (Å²) in [6, 6.07) is 9.26. The molecule has 1 aromatic heterocycles. The molecule has 1 N–H and O–H groups in total. The molecule has 5 nitrogen and oxygen atoms in total. The Bertz CT molecular complexity index is 644. The fourth-order valence-corrected chi connectivity index (χ4v) is 2.27. The molecule has 0 aliphatic rings. The van der Waals surface area contributed by atoms with E-state index in [0.29, 0.717) is 36.2 Å². The van der Waals surface area contributed by atoms with Crippen LogP contribution in [0.4, 0.5) is 5.82 Å². The van der Waals surface area contributed by atoms with E-state index in [1.54, 1.807) is 11.0 Å². The fourth-order valence-electron chi connectivity index (χ4n) is 2.07. The highest BCUT2D eigenvalue weighted by Gasteiger charge is 2.14. The summed E-state index contributed by atoms with van der Waals surface area (Å²) < 4.78 is 0. The number of aromatic nitrogens is 2. The molecule has 0 aliphatic carbocycles. The van der Waals surface area contributed by atoms with Crippen LogP contribution in [0.2, 0.25) is 5.02 Å². The summed E-state index contributed by atoms with van der Waals surface area (Å²) in [6.45, 7) is 5.73. The Balaban J connectivity index is 2.09. The zero-order valence-electron chi connectivity index (χ0n) is 12.7. The van der Waals surface area contributed by atoms with Crippen molar-refractivity contribution in [2.24, 2.45) is 0 Å². The van der Waals surface area contributed by atoms with Gasteiger partial charge >= 0.3 is 0 Å². The lowest BCUT2D eigenvalue weighted by Gasteiger charge is -2.18. The maximum atomic E-state index is 12.3. The molecule has 6 heteroatoms. The van der Waals surface area contributed by atoms with Crippen molar-refractivity contribution in [3.63, 3.8) is 0 Å². The van der Waals surface area contributed by atoms with Gasteiger partial charge in [0.05, 0.1) is 0 Å². The SMILES string of the molecule is CCN(CC)C(=O)c1cc(NCc2ccccc2Cl)ncn1. The number of nitrogens with one attached hydrogen (secondary N) is 1. The van der Waals surface area contributed by atoms with Crippen molar-refractivity contribution >= 4 is 23.3 Å². The second-order valence-corrected chi connectivity index (χ2v) is 5.12. The molecule has 116 valence electrons. The number of hydrogen-bond acceptors (Lipinski definition) is 4.